The number of nitrogen functional groups attached to an aromatic ring is 1. The zero-order valence-corrected chi connectivity index (χ0v) is 8.04. The van der Waals surface area contributed by atoms with Crippen molar-refractivity contribution in [3.05, 3.63) is 24.3 Å². The van der Waals surface area contributed by atoms with Gasteiger partial charge in [-0.05, 0) is 29.5 Å². The summed E-state index contributed by atoms with van der Waals surface area (Å²) in [5.41, 5.74) is 7.11. The Morgan fingerprint density at radius 1 is 1.27 bits per heavy atom. The molecule has 0 aliphatic rings. The van der Waals surface area contributed by atoms with E-state index < -0.39 is 0 Å². The van der Waals surface area contributed by atoms with Gasteiger partial charge in [-0.2, -0.15) is 4.80 Å². The maximum absolute atomic E-state index is 8.69. The molecule has 6 heteroatoms. The van der Waals surface area contributed by atoms with Crippen LogP contribution in [0.15, 0.2) is 24.3 Å². The molecule has 0 atom stereocenters. The molecule has 2 rings (SSSR count). The minimum absolute atomic E-state index is 0.00244. The summed E-state index contributed by atoms with van der Waals surface area (Å²) in [6, 6.07) is 7.22. The van der Waals surface area contributed by atoms with Gasteiger partial charge in [0, 0.05) is 11.3 Å². The number of nitrogens with zero attached hydrogens (tertiary/aromatic N) is 4. The van der Waals surface area contributed by atoms with Crippen LogP contribution in [-0.2, 0) is 6.54 Å². The van der Waals surface area contributed by atoms with Crippen molar-refractivity contribution < 1.29 is 5.11 Å². The van der Waals surface area contributed by atoms with E-state index >= 15 is 0 Å². The number of tetrazole rings is 1. The summed E-state index contributed by atoms with van der Waals surface area (Å²) in [7, 11) is 0. The van der Waals surface area contributed by atoms with Crippen LogP contribution in [-0.4, -0.2) is 31.9 Å². The summed E-state index contributed by atoms with van der Waals surface area (Å²) in [4.78, 5) is 1.35. The van der Waals surface area contributed by atoms with E-state index in [1.165, 1.54) is 4.80 Å². The van der Waals surface area contributed by atoms with Crippen LogP contribution in [0.2, 0.25) is 0 Å². The van der Waals surface area contributed by atoms with Gasteiger partial charge in [-0.3, -0.25) is 0 Å². The average molecular weight is 205 g/mol. The fourth-order valence-electron chi connectivity index (χ4n) is 1.18. The van der Waals surface area contributed by atoms with Gasteiger partial charge in [-0.1, -0.05) is 0 Å². The number of benzene rings is 1. The molecule has 0 unspecified atom stereocenters. The first-order valence-electron chi connectivity index (χ1n) is 4.54. The SMILES string of the molecule is Nc1ccc(-c2nnn(CCO)n2)cc1. The Kier molecular flexibility index (Phi) is 2.59. The molecule has 6 nitrogen and oxygen atoms in total. The van der Waals surface area contributed by atoms with Crippen molar-refractivity contribution in [2.24, 2.45) is 0 Å². The molecule has 0 amide bonds. The summed E-state index contributed by atoms with van der Waals surface area (Å²) >= 11 is 0. The molecule has 0 aliphatic carbocycles. The van der Waals surface area contributed by atoms with Gasteiger partial charge in [0.15, 0.2) is 0 Å². The molecule has 1 aromatic carbocycles. The lowest BCUT2D eigenvalue weighted by Gasteiger charge is -1.95. The van der Waals surface area contributed by atoms with Crippen LogP contribution in [0.25, 0.3) is 11.4 Å². The van der Waals surface area contributed by atoms with E-state index in [0.29, 0.717) is 18.1 Å². The highest BCUT2D eigenvalue weighted by Crippen LogP contribution is 2.14. The van der Waals surface area contributed by atoms with Gasteiger partial charge in [0.25, 0.3) is 0 Å². The Bertz CT molecular complexity index is 436. The predicted molar refractivity (Wildman–Crippen MR) is 54.8 cm³/mol. The summed E-state index contributed by atoms with van der Waals surface area (Å²) < 4.78 is 0. The molecule has 0 fully saturated rings. The van der Waals surface area contributed by atoms with Crippen molar-refractivity contribution in [1.29, 1.82) is 0 Å². The van der Waals surface area contributed by atoms with Crippen molar-refractivity contribution in [3.63, 3.8) is 0 Å². The van der Waals surface area contributed by atoms with Crippen LogP contribution in [0, 0.1) is 0 Å². The lowest BCUT2D eigenvalue weighted by atomic mass is 10.2. The summed E-state index contributed by atoms with van der Waals surface area (Å²) in [6.07, 6.45) is 0. The molecular weight excluding hydrogens is 194 g/mol. The lowest BCUT2D eigenvalue weighted by Crippen LogP contribution is -2.05. The predicted octanol–water partition coefficient (Wildman–Crippen LogP) is -0.0854. The highest BCUT2D eigenvalue weighted by atomic mass is 16.3. The number of nitrogens with two attached hydrogens (primary N) is 1. The van der Waals surface area contributed by atoms with Crippen LogP contribution in [0.3, 0.4) is 0 Å². The average Bonchev–Trinajstić information content (AvgIpc) is 2.68. The maximum Gasteiger partial charge on any atom is 0.204 e. The quantitative estimate of drug-likeness (QED) is 0.684. The van der Waals surface area contributed by atoms with Gasteiger partial charge in [0.1, 0.15) is 0 Å². The summed E-state index contributed by atoms with van der Waals surface area (Å²) in [5.74, 6) is 0.531. The Balaban J connectivity index is 2.25. The smallest absolute Gasteiger partial charge is 0.204 e. The molecule has 78 valence electrons. The molecule has 1 aromatic heterocycles. The third-order valence-electron chi connectivity index (χ3n) is 1.92. The van der Waals surface area contributed by atoms with Gasteiger partial charge >= 0.3 is 0 Å². The van der Waals surface area contributed by atoms with E-state index in [1.807, 2.05) is 12.1 Å². The second kappa shape index (κ2) is 4.05. The number of anilines is 1. The van der Waals surface area contributed by atoms with Crippen molar-refractivity contribution >= 4 is 5.69 Å². The molecule has 2 aromatic rings. The van der Waals surface area contributed by atoms with E-state index in [4.69, 9.17) is 10.8 Å². The number of aliphatic hydroxyl groups is 1. The normalized spacial score (nSPS) is 10.5. The lowest BCUT2D eigenvalue weighted by molar-refractivity contribution is 0.259. The highest BCUT2D eigenvalue weighted by Gasteiger charge is 2.04. The van der Waals surface area contributed by atoms with Crippen LogP contribution >= 0.6 is 0 Å². The fourth-order valence-corrected chi connectivity index (χ4v) is 1.18. The van der Waals surface area contributed by atoms with Gasteiger partial charge in [0.05, 0.1) is 13.2 Å². The first-order chi connectivity index (χ1) is 7.29. The molecule has 1 heterocycles. The van der Waals surface area contributed by atoms with E-state index in [-0.39, 0.29) is 6.61 Å². The largest absolute Gasteiger partial charge is 0.399 e. The Hall–Kier alpha value is -1.95. The second-order valence-electron chi connectivity index (χ2n) is 3.05. The van der Waals surface area contributed by atoms with Crippen molar-refractivity contribution in [2.75, 3.05) is 12.3 Å². The van der Waals surface area contributed by atoms with Crippen molar-refractivity contribution in [2.45, 2.75) is 6.54 Å². The molecule has 3 N–H and O–H groups in total. The maximum atomic E-state index is 8.69. The number of aromatic nitrogens is 4. The minimum atomic E-state index is -0.00244. The Labute approximate surface area is 86.3 Å². The molecule has 0 saturated heterocycles. The topological polar surface area (TPSA) is 89.8 Å². The fraction of sp³-hybridized carbons (Fsp3) is 0.222. The van der Waals surface area contributed by atoms with E-state index in [1.54, 1.807) is 12.1 Å². The van der Waals surface area contributed by atoms with Gasteiger partial charge in [-0.25, -0.2) is 0 Å². The van der Waals surface area contributed by atoms with Crippen LogP contribution in [0.1, 0.15) is 0 Å². The number of aliphatic hydroxyl groups excluding tert-OH is 1. The van der Waals surface area contributed by atoms with Gasteiger partial charge < -0.3 is 10.8 Å². The zero-order chi connectivity index (χ0) is 10.7. The molecule has 0 spiro atoms. The number of rotatable bonds is 3. The van der Waals surface area contributed by atoms with Gasteiger partial charge in [-0.15, -0.1) is 10.2 Å². The number of hydrogen-bond acceptors (Lipinski definition) is 5. The van der Waals surface area contributed by atoms with Gasteiger partial charge in [0.2, 0.25) is 5.82 Å². The first-order valence-corrected chi connectivity index (χ1v) is 4.54. The monoisotopic (exact) mass is 205 g/mol. The van der Waals surface area contributed by atoms with Crippen LogP contribution in [0.5, 0.6) is 0 Å². The molecule has 0 bridgehead atoms. The molecule has 0 radical (unpaired) electrons. The first kappa shape index (κ1) is 9.60. The third-order valence-corrected chi connectivity index (χ3v) is 1.92. The molecular formula is C9H11N5O. The standard InChI is InChI=1S/C9H11N5O/c10-8-3-1-7(2-4-8)9-11-13-14(12-9)5-6-15/h1-4,15H,5-6,10H2. The molecule has 15 heavy (non-hydrogen) atoms. The van der Waals surface area contributed by atoms with E-state index in [2.05, 4.69) is 15.4 Å². The Morgan fingerprint density at radius 2 is 2.00 bits per heavy atom. The highest BCUT2D eigenvalue weighted by molar-refractivity contribution is 5.57. The third kappa shape index (κ3) is 2.10. The molecule has 0 saturated carbocycles. The van der Waals surface area contributed by atoms with Crippen molar-refractivity contribution in [1.82, 2.24) is 20.2 Å². The summed E-state index contributed by atoms with van der Waals surface area (Å²) in [5, 5.41) is 20.4. The Morgan fingerprint density at radius 3 is 2.67 bits per heavy atom. The zero-order valence-electron chi connectivity index (χ0n) is 8.04. The van der Waals surface area contributed by atoms with E-state index in [9.17, 15) is 0 Å². The van der Waals surface area contributed by atoms with Crippen LogP contribution in [0.4, 0.5) is 5.69 Å². The second-order valence-corrected chi connectivity index (χ2v) is 3.05. The number of hydrogen-bond donors (Lipinski definition) is 2. The van der Waals surface area contributed by atoms with E-state index in [0.717, 1.165) is 5.56 Å². The van der Waals surface area contributed by atoms with Crippen molar-refractivity contribution in [3.8, 4) is 11.4 Å². The molecule has 0 aliphatic heterocycles. The minimum Gasteiger partial charge on any atom is -0.399 e. The summed E-state index contributed by atoms with van der Waals surface area (Å²) in [6.45, 7) is 0.347. The van der Waals surface area contributed by atoms with Crippen LogP contribution < -0.4 is 5.73 Å².